The molecule has 2 N–H and O–H groups in total. The molecule has 2 unspecified atom stereocenters. The van der Waals surface area contributed by atoms with Gasteiger partial charge < -0.3 is 24.6 Å². The summed E-state index contributed by atoms with van der Waals surface area (Å²) in [5.74, 6) is -1.68. The minimum Gasteiger partial charge on any atom is -0.461 e. The Morgan fingerprint density at radius 1 is 1.14 bits per heavy atom. The maximum Gasteiger partial charge on any atom is 0.407 e. The standard InChI is InChI=1S/C13H23NO7/c1-8(15)10(16)20-9(2)11(17)19-7-6-14-12(18)21-13(3,4)5/h8-9,15H,6-7H2,1-5H3,(H,14,18). The number of hydrogen-bond donors (Lipinski definition) is 2. The zero-order valence-corrected chi connectivity index (χ0v) is 13.0. The van der Waals surface area contributed by atoms with Gasteiger partial charge in [-0.1, -0.05) is 0 Å². The highest BCUT2D eigenvalue weighted by Gasteiger charge is 2.22. The van der Waals surface area contributed by atoms with Crippen LogP contribution < -0.4 is 5.32 Å². The summed E-state index contributed by atoms with van der Waals surface area (Å²) in [6.45, 7) is 7.71. The Morgan fingerprint density at radius 2 is 1.71 bits per heavy atom. The summed E-state index contributed by atoms with van der Waals surface area (Å²) in [5, 5.41) is 11.3. The second-order valence-corrected chi connectivity index (χ2v) is 5.35. The zero-order chi connectivity index (χ0) is 16.6. The van der Waals surface area contributed by atoms with Crippen molar-refractivity contribution in [3.8, 4) is 0 Å². The molecule has 0 aromatic heterocycles. The molecule has 0 rings (SSSR count). The van der Waals surface area contributed by atoms with Crippen molar-refractivity contribution < 1.29 is 33.7 Å². The SMILES string of the molecule is CC(O)C(=O)OC(C)C(=O)OCCNC(=O)OC(C)(C)C. The lowest BCUT2D eigenvalue weighted by Gasteiger charge is -2.19. The van der Waals surface area contributed by atoms with Crippen molar-refractivity contribution in [2.75, 3.05) is 13.2 Å². The third-order valence-corrected chi connectivity index (χ3v) is 1.98. The number of amides is 1. The molecule has 2 atom stereocenters. The number of nitrogens with one attached hydrogen (secondary N) is 1. The van der Waals surface area contributed by atoms with Crippen LogP contribution in [0.4, 0.5) is 4.79 Å². The van der Waals surface area contributed by atoms with E-state index >= 15 is 0 Å². The van der Waals surface area contributed by atoms with Gasteiger partial charge >= 0.3 is 18.0 Å². The molecule has 0 saturated carbocycles. The van der Waals surface area contributed by atoms with Crippen LogP contribution in [0.1, 0.15) is 34.6 Å². The molecule has 8 nitrogen and oxygen atoms in total. The Kier molecular flexibility index (Phi) is 7.72. The molecule has 0 aliphatic heterocycles. The predicted molar refractivity (Wildman–Crippen MR) is 72.4 cm³/mol. The highest BCUT2D eigenvalue weighted by molar-refractivity contribution is 5.80. The van der Waals surface area contributed by atoms with Gasteiger partial charge in [0.15, 0.2) is 6.10 Å². The summed E-state index contributed by atoms with van der Waals surface area (Å²) in [6.07, 6.45) is -3.06. The van der Waals surface area contributed by atoms with E-state index in [1.54, 1.807) is 20.8 Å². The normalized spacial score (nSPS) is 13.8. The number of carbonyl (C=O) groups excluding carboxylic acids is 3. The van der Waals surface area contributed by atoms with E-state index in [0.717, 1.165) is 0 Å². The van der Waals surface area contributed by atoms with Crippen molar-refractivity contribution in [3.63, 3.8) is 0 Å². The number of rotatable bonds is 6. The maximum atomic E-state index is 11.4. The van der Waals surface area contributed by atoms with Crippen LogP contribution in [0, 0.1) is 0 Å². The van der Waals surface area contributed by atoms with Crippen LogP contribution >= 0.6 is 0 Å². The molecular weight excluding hydrogens is 282 g/mol. The van der Waals surface area contributed by atoms with E-state index in [1.807, 2.05) is 0 Å². The largest absolute Gasteiger partial charge is 0.461 e. The minimum absolute atomic E-state index is 0.0672. The number of hydrogen-bond acceptors (Lipinski definition) is 7. The lowest BCUT2D eigenvalue weighted by atomic mass is 10.2. The summed E-state index contributed by atoms with van der Waals surface area (Å²) >= 11 is 0. The topological polar surface area (TPSA) is 111 Å². The van der Waals surface area contributed by atoms with Gasteiger partial charge in [0.1, 0.15) is 18.3 Å². The molecule has 0 fully saturated rings. The molecule has 8 heteroatoms. The van der Waals surface area contributed by atoms with Crippen LogP contribution in [0.2, 0.25) is 0 Å². The quantitative estimate of drug-likeness (QED) is 0.414. The monoisotopic (exact) mass is 305 g/mol. The second kappa shape index (κ2) is 8.46. The number of ether oxygens (including phenoxy) is 3. The number of aliphatic hydroxyl groups is 1. The molecule has 0 aliphatic rings. The fourth-order valence-electron chi connectivity index (χ4n) is 1.06. The average molecular weight is 305 g/mol. The van der Waals surface area contributed by atoms with Gasteiger partial charge in [0.2, 0.25) is 0 Å². The zero-order valence-electron chi connectivity index (χ0n) is 13.0. The third kappa shape index (κ3) is 9.67. The molecule has 0 heterocycles. The van der Waals surface area contributed by atoms with E-state index < -0.39 is 35.8 Å². The van der Waals surface area contributed by atoms with Crippen LogP contribution in [0.25, 0.3) is 0 Å². The third-order valence-electron chi connectivity index (χ3n) is 1.98. The summed E-state index contributed by atoms with van der Waals surface area (Å²) in [5.41, 5.74) is -0.607. The Hall–Kier alpha value is -1.83. The predicted octanol–water partition coefficient (Wildman–Crippen LogP) is 0.367. The molecule has 0 saturated heterocycles. The molecule has 0 bridgehead atoms. The lowest BCUT2D eigenvalue weighted by molar-refractivity contribution is -0.171. The van der Waals surface area contributed by atoms with Gasteiger partial charge in [0.25, 0.3) is 0 Å². The molecule has 1 amide bonds. The molecule has 0 aromatic carbocycles. The second-order valence-electron chi connectivity index (χ2n) is 5.35. The molecular formula is C13H23NO7. The van der Waals surface area contributed by atoms with Crippen molar-refractivity contribution >= 4 is 18.0 Å². The fraction of sp³-hybridized carbons (Fsp3) is 0.769. The first kappa shape index (κ1) is 19.2. The van der Waals surface area contributed by atoms with Crippen molar-refractivity contribution in [2.24, 2.45) is 0 Å². The van der Waals surface area contributed by atoms with Crippen molar-refractivity contribution in [1.82, 2.24) is 5.32 Å². The van der Waals surface area contributed by atoms with Crippen molar-refractivity contribution in [2.45, 2.75) is 52.4 Å². The average Bonchev–Trinajstić information content (AvgIpc) is 2.31. The van der Waals surface area contributed by atoms with E-state index in [0.29, 0.717) is 0 Å². The molecule has 122 valence electrons. The molecule has 0 aromatic rings. The van der Waals surface area contributed by atoms with Gasteiger partial charge in [-0.25, -0.2) is 14.4 Å². The molecule has 0 radical (unpaired) electrons. The summed E-state index contributed by atoms with van der Waals surface area (Å²) < 4.78 is 14.4. The minimum atomic E-state index is -1.31. The number of aliphatic hydroxyl groups excluding tert-OH is 1. The van der Waals surface area contributed by atoms with Crippen LogP contribution in [0.3, 0.4) is 0 Å². The van der Waals surface area contributed by atoms with E-state index in [2.05, 4.69) is 10.1 Å². The first-order valence-corrected chi connectivity index (χ1v) is 6.55. The van der Waals surface area contributed by atoms with E-state index in [-0.39, 0.29) is 13.2 Å². The van der Waals surface area contributed by atoms with Crippen molar-refractivity contribution in [3.05, 3.63) is 0 Å². The van der Waals surface area contributed by atoms with E-state index in [9.17, 15) is 14.4 Å². The van der Waals surface area contributed by atoms with Gasteiger partial charge in [0, 0.05) is 0 Å². The summed E-state index contributed by atoms with van der Waals surface area (Å²) in [7, 11) is 0. The molecule has 0 spiro atoms. The van der Waals surface area contributed by atoms with Crippen LogP contribution in [0.5, 0.6) is 0 Å². The van der Waals surface area contributed by atoms with Gasteiger partial charge in [-0.3, -0.25) is 0 Å². The van der Waals surface area contributed by atoms with Crippen LogP contribution in [-0.4, -0.2) is 54.1 Å². The molecule has 0 aliphatic carbocycles. The lowest BCUT2D eigenvalue weighted by Crippen LogP contribution is -2.36. The summed E-state index contributed by atoms with van der Waals surface area (Å²) in [6, 6.07) is 0. The van der Waals surface area contributed by atoms with Gasteiger partial charge in [-0.05, 0) is 34.6 Å². The smallest absolute Gasteiger partial charge is 0.407 e. The first-order valence-electron chi connectivity index (χ1n) is 6.55. The van der Waals surface area contributed by atoms with Gasteiger partial charge in [-0.2, -0.15) is 0 Å². The Balaban J connectivity index is 3.89. The number of carbonyl (C=O) groups is 3. The fourth-order valence-corrected chi connectivity index (χ4v) is 1.06. The Bertz CT molecular complexity index is 373. The maximum absolute atomic E-state index is 11.4. The van der Waals surface area contributed by atoms with Crippen LogP contribution in [0.15, 0.2) is 0 Å². The highest BCUT2D eigenvalue weighted by Crippen LogP contribution is 2.06. The Morgan fingerprint density at radius 3 is 2.19 bits per heavy atom. The highest BCUT2D eigenvalue weighted by atomic mass is 16.6. The van der Waals surface area contributed by atoms with E-state index in [4.69, 9.17) is 14.6 Å². The number of alkyl carbamates (subject to hydrolysis) is 1. The van der Waals surface area contributed by atoms with E-state index in [1.165, 1.54) is 13.8 Å². The Labute approximate surface area is 123 Å². The first-order chi connectivity index (χ1) is 9.53. The summed E-state index contributed by atoms with van der Waals surface area (Å²) in [4.78, 5) is 33.8. The van der Waals surface area contributed by atoms with Gasteiger partial charge in [0.05, 0.1) is 6.54 Å². The van der Waals surface area contributed by atoms with Crippen molar-refractivity contribution in [1.29, 1.82) is 0 Å². The van der Waals surface area contributed by atoms with Gasteiger partial charge in [-0.15, -0.1) is 0 Å². The molecule has 21 heavy (non-hydrogen) atoms. The van der Waals surface area contributed by atoms with Crippen LogP contribution in [-0.2, 0) is 23.8 Å². The number of esters is 2.